The maximum Gasteiger partial charge on any atom is 0.162 e. The molecule has 8 heavy (non-hydrogen) atoms. The van der Waals surface area contributed by atoms with Gasteiger partial charge in [-0.05, 0) is 16.2 Å². The van der Waals surface area contributed by atoms with Crippen LogP contribution < -0.4 is 0 Å². The van der Waals surface area contributed by atoms with Crippen molar-refractivity contribution in [3.63, 3.8) is 0 Å². The van der Waals surface area contributed by atoms with Crippen molar-refractivity contribution in [3.05, 3.63) is 0 Å². The van der Waals surface area contributed by atoms with Crippen LogP contribution in [-0.2, 0) is 0 Å². The molecule has 50 valence electrons. The average molecular weight is 182 g/mol. The zero-order valence-corrected chi connectivity index (χ0v) is 10.9. The third kappa shape index (κ3) is 3.08. The van der Waals surface area contributed by atoms with Gasteiger partial charge in [-0.25, -0.2) is 0 Å². The monoisotopic (exact) mass is 182 g/mol. The van der Waals surface area contributed by atoms with Crippen molar-refractivity contribution in [2.75, 3.05) is 0 Å². The van der Waals surface area contributed by atoms with E-state index < -0.39 is 8.56 Å². The molecule has 0 rings (SSSR count). The van der Waals surface area contributed by atoms with E-state index in [1.54, 1.807) is 0 Å². The second-order valence-corrected chi connectivity index (χ2v) is 18.2. The summed E-state index contributed by atoms with van der Waals surface area (Å²) in [6.07, 6.45) is 1.06. The van der Waals surface area contributed by atoms with Crippen molar-refractivity contribution in [1.29, 1.82) is 0 Å². The molecular formula is C3H14OSSi3. The Labute approximate surface area is 62.8 Å². The fourth-order valence-corrected chi connectivity index (χ4v) is 14.9. The van der Waals surface area contributed by atoms with Crippen molar-refractivity contribution in [2.24, 2.45) is 0 Å². The van der Waals surface area contributed by atoms with E-state index in [4.69, 9.17) is 0 Å². The van der Waals surface area contributed by atoms with Crippen molar-refractivity contribution in [1.82, 2.24) is 0 Å². The lowest BCUT2D eigenvalue weighted by Gasteiger charge is -2.10. The van der Waals surface area contributed by atoms with Crippen LogP contribution >= 0.6 is 12.6 Å². The van der Waals surface area contributed by atoms with Gasteiger partial charge in [-0.2, -0.15) is 12.6 Å². The van der Waals surface area contributed by atoms with E-state index in [-0.39, 0.29) is 8.55 Å². The minimum absolute atomic E-state index is 0.0369. The molecule has 0 aliphatic heterocycles. The van der Waals surface area contributed by atoms with Crippen LogP contribution in [0.3, 0.4) is 0 Å². The highest BCUT2D eigenvalue weighted by Crippen LogP contribution is 2.00. The summed E-state index contributed by atoms with van der Waals surface area (Å²) < 4.78 is 0. The molecule has 1 nitrogen and oxygen atoms in total. The number of rotatable bonds is 3. The summed E-state index contributed by atoms with van der Waals surface area (Å²) in [7, 11) is 0.103. The second-order valence-electron chi connectivity index (χ2n) is 1.95. The van der Waals surface area contributed by atoms with Gasteiger partial charge >= 0.3 is 0 Å². The summed E-state index contributed by atoms with van der Waals surface area (Å²) in [4.78, 5) is 9.69. The van der Waals surface area contributed by atoms with E-state index in [9.17, 15) is 4.80 Å². The van der Waals surface area contributed by atoms with Crippen molar-refractivity contribution in [2.45, 2.75) is 18.2 Å². The average Bonchev–Trinajstić information content (AvgIpc) is 1.84. The lowest BCUT2D eigenvalue weighted by Crippen LogP contribution is -2.33. The molecule has 5 heteroatoms. The Morgan fingerprint density at radius 3 is 2.62 bits per heavy atom. The standard InChI is InChI=1S/C3H14OSSi3/c1-2-3(5)8(4)7-6/h3-5,8H,2,7H2,1,6H3. The van der Waals surface area contributed by atoms with Crippen LogP contribution in [0, 0.1) is 0 Å². The molecule has 0 saturated heterocycles. The predicted octanol–water partition coefficient (Wildman–Crippen LogP) is -2.10. The molecule has 0 spiro atoms. The quantitative estimate of drug-likeness (QED) is 0.378. The van der Waals surface area contributed by atoms with E-state index in [0.29, 0.717) is 4.87 Å². The van der Waals surface area contributed by atoms with Gasteiger partial charge in [0.05, 0.1) is 0 Å². The van der Waals surface area contributed by atoms with Crippen molar-refractivity contribution in [3.8, 4) is 0 Å². The maximum absolute atomic E-state index is 9.29. The third-order valence-corrected chi connectivity index (χ3v) is 17.8. The molecule has 0 amide bonds. The number of hydrogen-bond donors (Lipinski definition) is 2. The van der Waals surface area contributed by atoms with Crippen LogP contribution in [0.4, 0.5) is 0 Å². The SMILES string of the molecule is CCC(S)[SiH](O)[SiH2][SiH3]. The van der Waals surface area contributed by atoms with Gasteiger partial charge in [0.2, 0.25) is 0 Å². The Bertz CT molecular complexity index is 54.5. The van der Waals surface area contributed by atoms with Gasteiger partial charge < -0.3 is 4.80 Å². The zero-order valence-electron chi connectivity index (χ0n) is 5.46. The number of hydrogen-bond acceptors (Lipinski definition) is 2. The highest BCUT2D eigenvalue weighted by Gasteiger charge is 2.11. The largest absolute Gasteiger partial charge is 0.437 e. The lowest BCUT2D eigenvalue weighted by atomic mass is 10.6. The molecule has 1 N–H and O–H groups in total. The smallest absolute Gasteiger partial charge is 0.162 e. The highest BCUT2D eigenvalue weighted by atomic mass is 32.1. The van der Waals surface area contributed by atoms with Gasteiger partial charge in [0.1, 0.15) is 0 Å². The lowest BCUT2D eigenvalue weighted by molar-refractivity contribution is 0.585. The molecular weight excluding hydrogens is 168 g/mol. The normalized spacial score (nSPS) is 19.9. The van der Waals surface area contributed by atoms with Gasteiger partial charge in [-0.15, -0.1) is 0 Å². The van der Waals surface area contributed by atoms with Gasteiger partial charge in [0, 0.05) is 13.4 Å². The Hall–Kier alpha value is 0.961. The fourth-order valence-electron chi connectivity index (χ4n) is 0.544. The van der Waals surface area contributed by atoms with Crippen LogP contribution in [0.2, 0.25) is 0 Å². The highest BCUT2D eigenvalue weighted by molar-refractivity contribution is 7.83. The molecule has 2 atom stereocenters. The van der Waals surface area contributed by atoms with Crippen LogP contribution in [0.25, 0.3) is 0 Å². The molecule has 0 aliphatic carbocycles. The topological polar surface area (TPSA) is 20.2 Å². The van der Waals surface area contributed by atoms with E-state index in [1.165, 1.54) is 9.76 Å². The van der Waals surface area contributed by atoms with Gasteiger partial charge in [0.25, 0.3) is 0 Å². The molecule has 2 unspecified atom stereocenters. The summed E-state index contributed by atoms with van der Waals surface area (Å²) in [6, 6.07) is 0. The Morgan fingerprint density at radius 1 is 2.00 bits per heavy atom. The summed E-state index contributed by atoms with van der Waals surface area (Å²) in [6.45, 7) is 2.10. The van der Waals surface area contributed by atoms with E-state index >= 15 is 0 Å². The number of thiol groups is 1. The first-order chi connectivity index (χ1) is 3.72. The summed E-state index contributed by atoms with van der Waals surface area (Å²) in [5, 5.41) is 0. The summed E-state index contributed by atoms with van der Waals surface area (Å²) >= 11 is 4.27. The molecule has 0 aromatic heterocycles. The zero-order chi connectivity index (χ0) is 6.57. The van der Waals surface area contributed by atoms with Gasteiger partial charge in [0.15, 0.2) is 8.56 Å². The minimum Gasteiger partial charge on any atom is -0.437 e. The first-order valence-electron chi connectivity index (χ1n) is 3.08. The van der Waals surface area contributed by atoms with Gasteiger partial charge in [-0.1, -0.05) is 6.92 Å². The van der Waals surface area contributed by atoms with E-state index in [1.807, 2.05) is 0 Å². The van der Waals surface area contributed by atoms with Crippen LogP contribution in [0.1, 0.15) is 13.3 Å². The molecule has 0 aromatic carbocycles. The Balaban J connectivity index is 3.29. The first-order valence-corrected chi connectivity index (χ1v) is 13.7. The Kier molecular flexibility index (Phi) is 5.38. The molecule has 0 heterocycles. The maximum atomic E-state index is 9.29. The predicted molar refractivity (Wildman–Crippen MR) is 50.9 cm³/mol. The summed E-state index contributed by atoms with van der Waals surface area (Å²) in [5.74, 6) is 0. The van der Waals surface area contributed by atoms with E-state index in [0.717, 1.165) is 6.42 Å². The Morgan fingerprint density at radius 2 is 2.50 bits per heavy atom. The van der Waals surface area contributed by atoms with Gasteiger partial charge in [-0.3, -0.25) is 0 Å². The van der Waals surface area contributed by atoms with Crippen molar-refractivity contribution < 1.29 is 4.80 Å². The minimum atomic E-state index is -1.21. The second kappa shape index (κ2) is 4.80. The fraction of sp³-hybridized carbons (Fsp3) is 1.00. The molecule has 0 bridgehead atoms. The van der Waals surface area contributed by atoms with Crippen LogP contribution in [0.15, 0.2) is 0 Å². The van der Waals surface area contributed by atoms with Crippen LogP contribution in [0.5, 0.6) is 0 Å². The molecule has 0 aromatic rings. The van der Waals surface area contributed by atoms with E-state index in [2.05, 4.69) is 19.6 Å². The molecule has 0 aliphatic rings. The third-order valence-electron chi connectivity index (χ3n) is 1.28. The molecule has 0 fully saturated rings. The first kappa shape index (κ1) is 8.96. The van der Waals surface area contributed by atoms with Crippen molar-refractivity contribution >= 4 is 39.5 Å². The molecule has 0 saturated carbocycles. The molecule has 0 radical (unpaired) electrons. The summed E-state index contributed by atoms with van der Waals surface area (Å²) in [5.41, 5.74) is 0. The van der Waals surface area contributed by atoms with Crippen LogP contribution in [-0.4, -0.2) is 36.5 Å².